The molecule has 0 fully saturated rings. The molecule has 2 nitrogen and oxygen atoms in total. The number of hydrogen-bond donors (Lipinski definition) is 1. The maximum absolute atomic E-state index is 6.40. The molecule has 0 heterocycles. The van der Waals surface area contributed by atoms with E-state index in [4.69, 9.17) is 17.3 Å². The van der Waals surface area contributed by atoms with Crippen LogP contribution >= 0.6 is 11.6 Å². The van der Waals surface area contributed by atoms with E-state index in [0.29, 0.717) is 0 Å². The molecular formula is C16H19ClN2. The molecule has 100 valence electrons. The first kappa shape index (κ1) is 13.9. The number of benzene rings is 2. The second-order valence-corrected chi connectivity index (χ2v) is 4.99. The summed E-state index contributed by atoms with van der Waals surface area (Å²) < 4.78 is 0. The fraction of sp³-hybridized carbons (Fsp3) is 0.250. The summed E-state index contributed by atoms with van der Waals surface area (Å²) in [5.74, 6) is 0. The SMILES string of the molecule is CCN(c1ccccc1)c1ccc([C@@H](C)N)cc1Cl. The van der Waals surface area contributed by atoms with Gasteiger partial charge in [-0.2, -0.15) is 0 Å². The summed E-state index contributed by atoms with van der Waals surface area (Å²) in [6.45, 7) is 4.93. The van der Waals surface area contributed by atoms with Crippen LogP contribution < -0.4 is 10.6 Å². The smallest absolute Gasteiger partial charge is 0.0646 e. The lowest BCUT2D eigenvalue weighted by atomic mass is 10.1. The summed E-state index contributed by atoms with van der Waals surface area (Å²) in [4.78, 5) is 2.19. The van der Waals surface area contributed by atoms with E-state index in [0.717, 1.165) is 28.5 Å². The number of nitrogens with two attached hydrogens (primary N) is 1. The molecule has 0 radical (unpaired) electrons. The lowest BCUT2D eigenvalue weighted by Gasteiger charge is -2.25. The Bertz CT molecular complexity index is 538. The van der Waals surface area contributed by atoms with Gasteiger partial charge in [0.05, 0.1) is 10.7 Å². The van der Waals surface area contributed by atoms with Gasteiger partial charge in [0.15, 0.2) is 0 Å². The van der Waals surface area contributed by atoms with Crippen molar-refractivity contribution in [1.82, 2.24) is 0 Å². The predicted octanol–water partition coefficient (Wildman–Crippen LogP) is 4.52. The second-order valence-electron chi connectivity index (χ2n) is 4.58. The van der Waals surface area contributed by atoms with Gasteiger partial charge >= 0.3 is 0 Å². The van der Waals surface area contributed by atoms with Crippen LogP contribution in [-0.2, 0) is 0 Å². The van der Waals surface area contributed by atoms with Crippen molar-refractivity contribution in [2.75, 3.05) is 11.4 Å². The molecule has 3 heteroatoms. The molecule has 2 N–H and O–H groups in total. The van der Waals surface area contributed by atoms with Crippen molar-refractivity contribution in [1.29, 1.82) is 0 Å². The van der Waals surface area contributed by atoms with Crippen LogP contribution in [0.4, 0.5) is 11.4 Å². The minimum Gasteiger partial charge on any atom is -0.341 e. The normalized spacial score (nSPS) is 12.2. The zero-order valence-electron chi connectivity index (χ0n) is 11.3. The molecule has 0 saturated carbocycles. The first-order chi connectivity index (χ1) is 9.13. The van der Waals surface area contributed by atoms with Crippen molar-refractivity contribution in [2.45, 2.75) is 19.9 Å². The maximum Gasteiger partial charge on any atom is 0.0646 e. The van der Waals surface area contributed by atoms with Crippen molar-refractivity contribution < 1.29 is 0 Å². The fourth-order valence-corrected chi connectivity index (χ4v) is 2.42. The highest BCUT2D eigenvalue weighted by molar-refractivity contribution is 6.33. The molecule has 0 spiro atoms. The molecule has 19 heavy (non-hydrogen) atoms. The average molecular weight is 275 g/mol. The molecule has 0 amide bonds. The number of nitrogens with zero attached hydrogens (tertiary/aromatic N) is 1. The van der Waals surface area contributed by atoms with E-state index in [1.165, 1.54) is 0 Å². The number of hydrogen-bond acceptors (Lipinski definition) is 2. The van der Waals surface area contributed by atoms with Gasteiger partial charge in [-0.05, 0) is 43.7 Å². The highest BCUT2D eigenvalue weighted by Gasteiger charge is 2.12. The molecule has 0 bridgehead atoms. The summed E-state index contributed by atoms with van der Waals surface area (Å²) in [5, 5.41) is 0.737. The summed E-state index contributed by atoms with van der Waals surface area (Å²) in [6.07, 6.45) is 0. The van der Waals surface area contributed by atoms with E-state index in [1.807, 2.05) is 43.3 Å². The molecule has 1 atom stereocenters. The second kappa shape index (κ2) is 6.09. The average Bonchev–Trinajstić information content (AvgIpc) is 2.42. The third-order valence-electron chi connectivity index (χ3n) is 3.17. The molecule has 2 aromatic rings. The summed E-state index contributed by atoms with van der Waals surface area (Å²) in [5.41, 5.74) is 9.09. The zero-order chi connectivity index (χ0) is 13.8. The molecule has 0 aliphatic rings. The van der Waals surface area contributed by atoms with Gasteiger partial charge < -0.3 is 10.6 Å². The molecule has 0 saturated heterocycles. The van der Waals surface area contributed by atoms with E-state index >= 15 is 0 Å². The number of rotatable bonds is 4. The van der Waals surface area contributed by atoms with E-state index in [-0.39, 0.29) is 6.04 Å². The highest BCUT2D eigenvalue weighted by atomic mass is 35.5. The summed E-state index contributed by atoms with van der Waals surface area (Å²) >= 11 is 6.40. The van der Waals surface area contributed by atoms with Crippen LogP contribution in [-0.4, -0.2) is 6.54 Å². The minimum absolute atomic E-state index is 0.00153. The predicted molar refractivity (Wildman–Crippen MR) is 83.2 cm³/mol. The topological polar surface area (TPSA) is 29.3 Å². The molecule has 0 unspecified atom stereocenters. The maximum atomic E-state index is 6.40. The number of anilines is 2. The van der Waals surface area contributed by atoms with E-state index in [9.17, 15) is 0 Å². The Morgan fingerprint density at radius 3 is 2.37 bits per heavy atom. The Morgan fingerprint density at radius 2 is 1.84 bits per heavy atom. The number of halogens is 1. The van der Waals surface area contributed by atoms with Gasteiger partial charge in [0, 0.05) is 18.3 Å². The van der Waals surface area contributed by atoms with Crippen molar-refractivity contribution >= 4 is 23.0 Å². The van der Waals surface area contributed by atoms with Crippen LogP contribution in [0.2, 0.25) is 5.02 Å². The van der Waals surface area contributed by atoms with Crippen molar-refractivity contribution in [3.05, 3.63) is 59.1 Å². The van der Waals surface area contributed by atoms with Crippen LogP contribution in [0, 0.1) is 0 Å². The van der Waals surface area contributed by atoms with Crippen molar-refractivity contribution in [3.8, 4) is 0 Å². The molecular weight excluding hydrogens is 256 g/mol. The Morgan fingerprint density at radius 1 is 1.16 bits per heavy atom. The molecule has 2 rings (SSSR count). The van der Waals surface area contributed by atoms with E-state index in [1.54, 1.807) is 0 Å². The van der Waals surface area contributed by atoms with Crippen LogP contribution in [0.1, 0.15) is 25.5 Å². The van der Waals surface area contributed by atoms with Crippen LogP contribution in [0.15, 0.2) is 48.5 Å². The Balaban J connectivity index is 2.39. The Labute approximate surface area is 119 Å². The van der Waals surface area contributed by atoms with Crippen LogP contribution in [0.5, 0.6) is 0 Å². The lowest BCUT2D eigenvalue weighted by Crippen LogP contribution is -2.16. The number of para-hydroxylation sites is 1. The van der Waals surface area contributed by atoms with Gasteiger partial charge in [-0.1, -0.05) is 35.9 Å². The lowest BCUT2D eigenvalue weighted by molar-refractivity contribution is 0.818. The first-order valence-corrected chi connectivity index (χ1v) is 6.89. The quantitative estimate of drug-likeness (QED) is 0.888. The standard InChI is InChI=1S/C16H19ClN2/c1-3-19(14-7-5-4-6-8-14)16-10-9-13(12(2)18)11-15(16)17/h4-12H,3,18H2,1-2H3/t12-/m1/s1. The van der Waals surface area contributed by atoms with Gasteiger partial charge in [-0.25, -0.2) is 0 Å². The van der Waals surface area contributed by atoms with Crippen LogP contribution in [0.3, 0.4) is 0 Å². The van der Waals surface area contributed by atoms with Gasteiger partial charge in [-0.15, -0.1) is 0 Å². The largest absolute Gasteiger partial charge is 0.341 e. The van der Waals surface area contributed by atoms with Gasteiger partial charge in [0.1, 0.15) is 0 Å². The van der Waals surface area contributed by atoms with Gasteiger partial charge in [-0.3, -0.25) is 0 Å². The van der Waals surface area contributed by atoms with Crippen molar-refractivity contribution in [3.63, 3.8) is 0 Å². The van der Waals surface area contributed by atoms with Gasteiger partial charge in [0.2, 0.25) is 0 Å². The summed E-state index contributed by atoms with van der Waals surface area (Å²) in [7, 11) is 0. The van der Waals surface area contributed by atoms with Crippen LogP contribution in [0.25, 0.3) is 0 Å². The van der Waals surface area contributed by atoms with E-state index < -0.39 is 0 Å². The monoisotopic (exact) mass is 274 g/mol. The molecule has 2 aromatic carbocycles. The molecule has 0 aromatic heterocycles. The minimum atomic E-state index is -0.00153. The Hall–Kier alpha value is -1.51. The Kier molecular flexibility index (Phi) is 4.46. The molecule has 0 aliphatic heterocycles. The van der Waals surface area contributed by atoms with E-state index in [2.05, 4.69) is 24.0 Å². The summed E-state index contributed by atoms with van der Waals surface area (Å²) in [6, 6.07) is 16.3. The first-order valence-electron chi connectivity index (χ1n) is 6.51. The fourth-order valence-electron chi connectivity index (χ4n) is 2.13. The third-order valence-corrected chi connectivity index (χ3v) is 3.48. The third kappa shape index (κ3) is 3.09. The molecule has 0 aliphatic carbocycles. The zero-order valence-corrected chi connectivity index (χ0v) is 12.1. The van der Waals surface area contributed by atoms with Gasteiger partial charge in [0.25, 0.3) is 0 Å². The highest BCUT2D eigenvalue weighted by Crippen LogP contribution is 2.33. The van der Waals surface area contributed by atoms with Crippen molar-refractivity contribution in [2.24, 2.45) is 5.73 Å².